The summed E-state index contributed by atoms with van der Waals surface area (Å²) in [7, 11) is 0. The van der Waals surface area contributed by atoms with Crippen LogP contribution in [0.15, 0.2) is 54.3 Å². The molecule has 4 nitrogen and oxygen atoms in total. The van der Waals surface area contributed by atoms with E-state index >= 15 is 0 Å². The van der Waals surface area contributed by atoms with Crippen LogP contribution in [0.1, 0.15) is 45.1 Å². The molecule has 0 amide bonds. The number of allylic oxidation sites excluding steroid dienone is 3. The van der Waals surface area contributed by atoms with E-state index in [9.17, 15) is 0 Å². The Morgan fingerprint density at radius 2 is 2.03 bits per heavy atom. The summed E-state index contributed by atoms with van der Waals surface area (Å²) >= 11 is 4.16. The van der Waals surface area contributed by atoms with Gasteiger partial charge in [0, 0.05) is 41.2 Å². The lowest BCUT2D eigenvalue weighted by Crippen LogP contribution is -2.15. The lowest BCUT2D eigenvalue weighted by molar-refractivity contribution is 0.410. The van der Waals surface area contributed by atoms with Crippen molar-refractivity contribution in [2.75, 3.05) is 18.8 Å². The monoisotopic (exact) mass is 450 g/mol. The molecule has 1 fully saturated rings. The number of hydrogen-bond donors (Lipinski definition) is 4. The van der Waals surface area contributed by atoms with Crippen LogP contribution in [0.3, 0.4) is 0 Å². The fourth-order valence-corrected chi connectivity index (χ4v) is 4.06. The van der Waals surface area contributed by atoms with Gasteiger partial charge in [-0.3, -0.25) is 5.41 Å². The van der Waals surface area contributed by atoms with Gasteiger partial charge in [-0.1, -0.05) is 31.2 Å². The van der Waals surface area contributed by atoms with Crippen LogP contribution in [0.5, 0.6) is 0 Å². The standard InChI is InChI=1S/C17H22N4.C8H14S.C2H2/c18-11-16(19)14-3-4-17-15(10-14)6-9-21(17)12-13-2-1-7-20-8-5-13;1-3-5-8(7-9)6-4-2;1-2/h3-4,6,9-11,13,18-20H,1-2,5,7-8,12H2;3,5-6,9H,4,7H2,1-2H3;1-2H/b;5-3-,8-6+;. The van der Waals surface area contributed by atoms with E-state index in [1.165, 1.54) is 30.4 Å². The van der Waals surface area contributed by atoms with Gasteiger partial charge in [-0.15, -0.1) is 12.8 Å². The largest absolute Gasteiger partial charge is 0.347 e. The maximum Gasteiger partial charge on any atom is 0.0787 e. The van der Waals surface area contributed by atoms with Crippen molar-refractivity contribution < 1.29 is 0 Å². The van der Waals surface area contributed by atoms with E-state index in [-0.39, 0.29) is 5.71 Å². The number of fused-ring (bicyclic) bond motifs is 1. The number of hydrogen-bond acceptors (Lipinski definition) is 4. The van der Waals surface area contributed by atoms with E-state index in [4.69, 9.17) is 10.8 Å². The molecule has 0 aliphatic carbocycles. The second-order valence-corrected chi connectivity index (χ2v) is 8.01. The van der Waals surface area contributed by atoms with Crippen LogP contribution in [0.2, 0.25) is 0 Å². The Morgan fingerprint density at radius 1 is 1.25 bits per heavy atom. The van der Waals surface area contributed by atoms with E-state index in [1.54, 1.807) is 0 Å². The van der Waals surface area contributed by atoms with Crippen molar-refractivity contribution in [2.24, 2.45) is 5.92 Å². The van der Waals surface area contributed by atoms with E-state index in [0.29, 0.717) is 0 Å². The Kier molecular flexibility index (Phi) is 13.9. The zero-order valence-electron chi connectivity index (χ0n) is 19.5. The first kappa shape index (κ1) is 27.5. The lowest BCUT2D eigenvalue weighted by Gasteiger charge is -2.15. The van der Waals surface area contributed by atoms with Crippen molar-refractivity contribution in [2.45, 2.75) is 46.1 Å². The second kappa shape index (κ2) is 16.1. The molecule has 1 aromatic heterocycles. The molecule has 0 saturated carbocycles. The Hall–Kier alpha value is -2.55. The first-order valence-corrected chi connectivity index (χ1v) is 11.9. The molecule has 32 heavy (non-hydrogen) atoms. The summed E-state index contributed by atoms with van der Waals surface area (Å²) in [5.41, 5.74) is 3.62. The third kappa shape index (κ3) is 8.90. The maximum atomic E-state index is 7.73. The summed E-state index contributed by atoms with van der Waals surface area (Å²) < 4.78 is 2.34. The summed E-state index contributed by atoms with van der Waals surface area (Å²) in [6.45, 7) is 7.51. The van der Waals surface area contributed by atoms with Gasteiger partial charge in [-0.25, -0.2) is 0 Å². The molecule has 1 aromatic carbocycles. The molecular formula is C27H38N4S. The first-order chi connectivity index (χ1) is 15.6. The third-order valence-electron chi connectivity index (χ3n) is 5.41. The lowest BCUT2D eigenvalue weighted by atomic mass is 10.0. The van der Waals surface area contributed by atoms with Gasteiger partial charge in [0.1, 0.15) is 0 Å². The quantitative estimate of drug-likeness (QED) is 0.174. The van der Waals surface area contributed by atoms with Gasteiger partial charge in [0.25, 0.3) is 0 Å². The Morgan fingerprint density at radius 3 is 2.69 bits per heavy atom. The van der Waals surface area contributed by atoms with Gasteiger partial charge < -0.3 is 15.3 Å². The molecule has 0 radical (unpaired) electrons. The normalized spacial score (nSPS) is 16.4. The topological polar surface area (TPSA) is 64.7 Å². The van der Waals surface area contributed by atoms with Crippen LogP contribution in [0, 0.1) is 29.6 Å². The van der Waals surface area contributed by atoms with E-state index in [0.717, 1.165) is 54.9 Å². The van der Waals surface area contributed by atoms with Gasteiger partial charge in [0.2, 0.25) is 0 Å². The Labute approximate surface area is 199 Å². The first-order valence-electron chi connectivity index (χ1n) is 11.3. The third-order valence-corrected chi connectivity index (χ3v) is 5.77. The van der Waals surface area contributed by atoms with Crippen molar-refractivity contribution in [1.29, 1.82) is 10.8 Å². The average molecular weight is 451 g/mol. The molecule has 1 atom stereocenters. The van der Waals surface area contributed by atoms with Crippen LogP contribution in [-0.4, -0.2) is 35.3 Å². The zero-order chi connectivity index (χ0) is 23.8. The van der Waals surface area contributed by atoms with Crippen LogP contribution in [-0.2, 0) is 6.54 Å². The van der Waals surface area contributed by atoms with Crippen LogP contribution < -0.4 is 5.32 Å². The predicted molar refractivity (Wildman–Crippen MR) is 145 cm³/mol. The second-order valence-electron chi connectivity index (χ2n) is 7.69. The summed E-state index contributed by atoms with van der Waals surface area (Å²) in [4.78, 5) is 0. The van der Waals surface area contributed by atoms with Crippen LogP contribution >= 0.6 is 12.6 Å². The smallest absolute Gasteiger partial charge is 0.0787 e. The molecule has 172 valence electrons. The molecule has 2 aromatic rings. The zero-order valence-corrected chi connectivity index (χ0v) is 20.4. The minimum absolute atomic E-state index is 0.263. The molecule has 0 spiro atoms. The van der Waals surface area contributed by atoms with E-state index in [1.807, 2.05) is 25.1 Å². The molecule has 3 N–H and O–H groups in total. The number of nitrogens with one attached hydrogen (secondary N) is 3. The van der Waals surface area contributed by atoms with Crippen LogP contribution in [0.4, 0.5) is 0 Å². The Bertz CT molecular complexity index is 912. The average Bonchev–Trinajstić information content (AvgIpc) is 3.04. The van der Waals surface area contributed by atoms with Crippen molar-refractivity contribution in [3.8, 4) is 12.8 Å². The molecule has 0 bridgehead atoms. The van der Waals surface area contributed by atoms with Gasteiger partial charge >= 0.3 is 0 Å². The summed E-state index contributed by atoms with van der Waals surface area (Å²) in [5.74, 6) is 1.59. The Balaban J connectivity index is 0.000000396. The number of aromatic nitrogens is 1. The molecule has 3 rings (SSSR count). The fraction of sp³-hybridized carbons (Fsp3) is 0.407. The van der Waals surface area contributed by atoms with Gasteiger partial charge in [0.05, 0.1) is 5.71 Å². The van der Waals surface area contributed by atoms with Crippen molar-refractivity contribution in [3.05, 3.63) is 59.8 Å². The van der Waals surface area contributed by atoms with Gasteiger partial charge in [-0.2, -0.15) is 12.6 Å². The minimum atomic E-state index is 0.263. The summed E-state index contributed by atoms with van der Waals surface area (Å²) in [5, 5.41) is 19.5. The summed E-state index contributed by atoms with van der Waals surface area (Å²) in [6, 6.07) is 8.15. The SMILES string of the molecule is C#C.C/C=C\C(=C/CC)CS.N=CC(=N)c1ccc2c(ccn2CC2CCCNCC2)c1. The molecule has 1 aliphatic heterocycles. The number of thiol groups is 1. The van der Waals surface area contributed by atoms with E-state index in [2.05, 4.69) is 72.8 Å². The molecule has 1 aliphatic rings. The highest BCUT2D eigenvalue weighted by molar-refractivity contribution is 7.80. The highest BCUT2D eigenvalue weighted by Crippen LogP contribution is 2.22. The number of rotatable bonds is 7. The number of terminal acetylenes is 1. The van der Waals surface area contributed by atoms with Crippen molar-refractivity contribution in [3.63, 3.8) is 0 Å². The fourth-order valence-electron chi connectivity index (χ4n) is 3.82. The number of benzene rings is 1. The maximum absolute atomic E-state index is 7.73. The summed E-state index contributed by atoms with van der Waals surface area (Å²) in [6.07, 6.45) is 22.5. The van der Waals surface area contributed by atoms with Gasteiger partial charge in [0.15, 0.2) is 0 Å². The van der Waals surface area contributed by atoms with Crippen molar-refractivity contribution >= 4 is 35.5 Å². The molecular weight excluding hydrogens is 412 g/mol. The molecule has 5 heteroatoms. The highest BCUT2D eigenvalue weighted by Gasteiger charge is 2.13. The molecule has 2 heterocycles. The van der Waals surface area contributed by atoms with Gasteiger partial charge in [-0.05, 0) is 75.4 Å². The molecule has 1 saturated heterocycles. The predicted octanol–water partition coefficient (Wildman–Crippen LogP) is 6.13. The van der Waals surface area contributed by atoms with Crippen LogP contribution in [0.25, 0.3) is 10.9 Å². The van der Waals surface area contributed by atoms with Crippen molar-refractivity contribution in [1.82, 2.24) is 9.88 Å². The minimum Gasteiger partial charge on any atom is -0.347 e. The highest BCUT2D eigenvalue weighted by atomic mass is 32.1. The van der Waals surface area contributed by atoms with E-state index < -0.39 is 0 Å². The molecule has 1 unspecified atom stereocenters. The number of nitrogens with zero attached hydrogens (tertiary/aromatic N) is 1.